The topological polar surface area (TPSA) is 77.6 Å². The first kappa shape index (κ1) is 14.5. The Labute approximate surface area is 107 Å². The monoisotopic (exact) mass is 252 g/mol. The highest BCUT2D eigenvalue weighted by Crippen LogP contribution is 2.21. The summed E-state index contributed by atoms with van der Waals surface area (Å²) < 4.78 is 15.9. The number of methoxy groups -OCH3 is 2. The number of nitrogens with two attached hydrogens (primary N) is 1. The molecule has 0 fully saturated rings. The Hall–Kier alpha value is -1.59. The number of amidine groups is 1. The fraction of sp³-hybridized carbons (Fsp3) is 0.462. The first-order valence-electron chi connectivity index (χ1n) is 5.70. The van der Waals surface area contributed by atoms with E-state index in [1.807, 2.05) is 6.92 Å². The number of nitrogen functional groups attached to an aromatic ring is 1. The van der Waals surface area contributed by atoms with Gasteiger partial charge in [-0.2, -0.15) is 0 Å². The van der Waals surface area contributed by atoms with E-state index >= 15 is 0 Å². The van der Waals surface area contributed by atoms with Crippen LogP contribution in [0, 0.1) is 5.41 Å². The molecular weight excluding hydrogens is 232 g/mol. The van der Waals surface area contributed by atoms with Crippen LogP contribution < -0.4 is 10.5 Å². The van der Waals surface area contributed by atoms with Crippen molar-refractivity contribution in [1.29, 1.82) is 5.41 Å². The molecule has 100 valence electrons. The third-order valence-electron chi connectivity index (χ3n) is 2.52. The van der Waals surface area contributed by atoms with Gasteiger partial charge in [0.1, 0.15) is 11.6 Å². The number of hydrogen-bond acceptors (Lipinski definition) is 4. The summed E-state index contributed by atoms with van der Waals surface area (Å²) in [6.07, 6.45) is 0.000639. The Bertz CT molecular complexity index is 407. The van der Waals surface area contributed by atoms with E-state index in [4.69, 9.17) is 25.4 Å². The SMILES string of the molecule is COCC(C)OCc1cc(C(=N)N)ccc1OC. The molecule has 1 rings (SSSR count). The zero-order valence-electron chi connectivity index (χ0n) is 11.0. The van der Waals surface area contributed by atoms with Gasteiger partial charge >= 0.3 is 0 Å². The lowest BCUT2D eigenvalue weighted by Crippen LogP contribution is -2.15. The van der Waals surface area contributed by atoms with E-state index in [0.717, 1.165) is 11.3 Å². The molecule has 0 saturated carbocycles. The van der Waals surface area contributed by atoms with E-state index in [9.17, 15) is 0 Å². The third-order valence-corrected chi connectivity index (χ3v) is 2.52. The lowest BCUT2D eigenvalue weighted by Gasteiger charge is -2.14. The average molecular weight is 252 g/mol. The molecule has 0 aromatic heterocycles. The predicted molar refractivity (Wildman–Crippen MR) is 70.1 cm³/mol. The molecule has 3 N–H and O–H groups in total. The Morgan fingerprint density at radius 1 is 1.39 bits per heavy atom. The summed E-state index contributed by atoms with van der Waals surface area (Å²) in [5, 5.41) is 7.42. The molecule has 0 amide bonds. The van der Waals surface area contributed by atoms with E-state index in [2.05, 4.69) is 0 Å². The van der Waals surface area contributed by atoms with Gasteiger partial charge < -0.3 is 19.9 Å². The summed E-state index contributed by atoms with van der Waals surface area (Å²) in [5.74, 6) is 0.758. The van der Waals surface area contributed by atoms with Crippen molar-refractivity contribution in [2.75, 3.05) is 20.8 Å². The molecule has 0 spiro atoms. The van der Waals surface area contributed by atoms with Gasteiger partial charge in [-0.3, -0.25) is 5.41 Å². The van der Waals surface area contributed by atoms with Crippen molar-refractivity contribution in [3.63, 3.8) is 0 Å². The van der Waals surface area contributed by atoms with Gasteiger partial charge in [0.15, 0.2) is 0 Å². The van der Waals surface area contributed by atoms with Crippen LogP contribution in [0.25, 0.3) is 0 Å². The molecule has 0 aliphatic carbocycles. The first-order chi connectivity index (χ1) is 8.58. The maximum Gasteiger partial charge on any atom is 0.124 e. The van der Waals surface area contributed by atoms with E-state index in [1.54, 1.807) is 32.4 Å². The van der Waals surface area contributed by atoms with Gasteiger partial charge in [-0.1, -0.05) is 0 Å². The molecule has 5 nitrogen and oxygen atoms in total. The van der Waals surface area contributed by atoms with E-state index < -0.39 is 0 Å². The molecule has 1 aromatic rings. The normalized spacial score (nSPS) is 12.2. The Morgan fingerprint density at radius 2 is 2.11 bits per heavy atom. The van der Waals surface area contributed by atoms with E-state index in [-0.39, 0.29) is 11.9 Å². The minimum Gasteiger partial charge on any atom is -0.496 e. The lowest BCUT2D eigenvalue weighted by atomic mass is 10.1. The highest BCUT2D eigenvalue weighted by Gasteiger charge is 2.08. The maximum absolute atomic E-state index is 7.42. The van der Waals surface area contributed by atoms with Crippen molar-refractivity contribution in [3.8, 4) is 5.75 Å². The van der Waals surface area contributed by atoms with E-state index in [0.29, 0.717) is 18.8 Å². The van der Waals surface area contributed by atoms with Crippen molar-refractivity contribution in [2.45, 2.75) is 19.6 Å². The molecule has 0 aliphatic rings. The van der Waals surface area contributed by atoms with Crippen LogP contribution in [0.4, 0.5) is 0 Å². The van der Waals surface area contributed by atoms with Crippen molar-refractivity contribution in [2.24, 2.45) is 5.73 Å². The van der Waals surface area contributed by atoms with Crippen LogP contribution in [0.3, 0.4) is 0 Å². The van der Waals surface area contributed by atoms with Crippen LogP contribution in [-0.2, 0) is 16.1 Å². The maximum atomic E-state index is 7.42. The van der Waals surface area contributed by atoms with Crippen LogP contribution in [0.2, 0.25) is 0 Å². The minimum atomic E-state index is 0.000639. The fourth-order valence-electron chi connectivity index (χ4n) is 1.57. The molecule has 18 heavy (non-hydrogen) atoms. The molecule has 0 bridgehead atoms. The second kappa shape index (κ2) is 6.98. The number of rotatable bonds is 7. The number of ether oxygens (including phenoxy) is 3. The minimum absolute atomic E-state index is 0.000639. The van der Waals surface area contributed by atoms with Gasteiger partial charge in [0.25, 0.3) is 0 Å². The van der Waals surface area contributed by atoms with Gasteiger partial charge in [0.05, 0.1) is 26.4 Å². The van der Waals surface area contributed by atoms with Gasteiger partial charge in [0.2, 0.25) is 0 Å². The fourth-order valence-corrected chi connectivity index (χ4v) is 1.57. The van der Waals surface area contributed by atoms with Crippen LogP contribution in [0.15, 0.2) is 18.2 Å². The van der Waals surface area contributed by atoms with Crippen molar-refractivity contribution < 1.29 is 14.2 Å². The van der Waals surface area contributed by atoms with Crippen LogP contribution in [0.5, 0.6) is 5.75 Å². The number of benzene rings is 1. The van der Waals surface area contributed by atoms with Crippen molar-refractivity contribution in [3.05, 3.63) is 29.3 Å². The van der Waals surface area contributed by atoms with E-state index in [1.165, 1.54) is 0 Å². The smallest absolute Gasteiger partial charge is 0.124 e. The Kier molecular flexibility index (Phi) is 5.61. The summed E-state index contributed by atoms with van der Waals surface area (Å²) in [6.45, 7) is 2.87. The molecule has 0 radical (unpaired) electrons. The van der Waals surface area contributed by atoms with Crippen LogP contribution in [-0.4, -0.2) is 32.8 Å². The quantitative estimate of drug-likeness (QED) is 0.570. The second-order valence-electron chi connectivity index (χ2n) is 4.02. The molecular formula is C13H20N2O3. The largest absolute Gasteiger partial charge is 0.496 e. The summed E-state index contributed by atoms with van der Waals surface area (Å²) in [5.41, 5.74) is 6.99. The molecule has 1 aromatic carbocycles. The second-order valence-corrected chi connectivity index (χ2v) is 4.02. The molecule has 5 heteroatoms. The standard InChI is InChI=1S/C13H20N2O3/c1-9(7-16-2)18-8-11-6-10(13(14)15)4-5-12(11)17-3/h4-6,9H,7-8H2,1-3H3,(H3,14,15). The van der Waals surface area contributed by atoms with Gasteiger partial charge in [-0.15, -0.1) is 0 Å². The van der Waals surface area contributed by atoms with Gasteiger partial charge in [-0.25, -0.2) is 0 Å². The van der Waals surface area contributed by atoms with Crippen LogP contribution in [0.1, 0.15) is 18.1 Å². The third kappa shape index (κ3) is 4.01. The predicted octanol–water partition coefficient (Wildman–Crippen LogP) is 1.53. The Morgan fingerprint density at radius 3 is 2.67 bits per heavy atom. The highest BCUT2D eigenvalue weighted by atomic mass is 16.5. The van der Waals surface area contributed by atoms with Crippen molar-refractivity contribution in [1.82, 2.24) is 0 Å². The van der Waals surface area contributed by atoms with Gasteiger partial charge in [0, 0.05) is 18.2 Å². The summed E-state index contributed by atoms with van der Waals surface area (Å²) in [6, 6.07) is 5.35. The molecule has 0 saturated heterocycles. The number of hydrogen-bond donors (Lipinski definition) is 2. The summed E-state index contributed by atoms with van der Waals surface area (Å²) in [4.78, 5) is 0. The zero-order valence-corrected chi connectivity index (χ0v) is 11.0. The molecule has 0 aliphatic heterocycles. The van der Waals surface area contributed by atoms with Gasteiger partial charge in [-0.05, 0) is 25.1 Å². The molecule has 0 heterocycles. The summed E-state index contributed by atoms with van der Waals surface area (Å²) in [7, 11) is 3.24. The lowest BCUT2D eigenvalue weighted by molar-refractivity contribution is -0.000737. The van der Waals surface area contributed by atoms with Crippen molar-refractivity contribution >= 4 is 5.84 Å². The summed E-state index contributed by atoms with van der Waals surface area (Å²) >= 11 is 0. The highest BCUT2D eigenvalue weighted by molar-refractivity contribution is 5.95. The zero-order chi connectivity index (χ0) is 13.5. The first-order valence-corrected chi connectivity index (χ1v) is 5.70. The number of nitrogens with one attached hydrogen (secondary N) is 1. The molecule has 1 atom stereocenters. The van der Waals surface area contributed by atoms with Crippen LogP contribution >= 0.6 is 0 Å². The Balaban J connectivity index is 2.78. The average Bonchev–Trinajstić information content (AvgIpc) is 2.36. The molecule has 1 unspecified atom stereocenters.